The van der Waals surface area contributed by atoms with Crippen LogP contribution in [0, 0.1) is 6.92 Å². The van der Waals surface area contributed by atoms with E-state index in [0.717, 1.165) is 58.0 Å². The number of pyridine rings is 1. The summed E-state index contributed by atoms with van der Waals surface area (Å²) in [6.45, 7) is 2.08. The second-order valence-corrected chi connectivity index (χ2v) is 9.46. The maximum Gasteiger partial charge on any atom is 0.336 e. The Bertz CT molecular complexity index is 1570. The number of para-hydroxylation sites is 1. The number of hydrogen-bond donors (Lipinski definition) is 0. The van der Waals surface area contributed by atoms with E-state index >= 15 is 0 Å². The smallest absolute Gasteiger partial charge is 0.336 e. The molecule has 7 heteroatoms. The molecule has 0 amide bonds. The largest absolute Gasteiger partial charge is 0.423 e. The van der Waals surface area contributed by atoms with Gasteiger partial charge in [-0.15, -0.1) is 10.2 Å². The van der Waals surface area contributed by atoms with Gasteiger partial charge in [0.15, 0.2) is 11.0 Å². The predicted molar refractivity (Wildman–Crippen MR) is 133 cm³/mol. The third-order valence-electron chi connectivity index (χ3n) is 6.33. The molecule has 0 unspecified atom stereocenters. The van der Waals surface area contributed by atoms with E-state index in [1.807, 2.05) is 30.3 Å². The number of nitrogens with zero attached hydrogens (tertiary/aromatic N) is 4. The van der Waals surface area contributed by atoms with Crippen molar-refractivity contribution in [2.45, 2.75) is 37.1 Å². The van der Waals surface area contributed by atoms with Gasteiger partial charge in [0.2, 0.25) is 0 Å². The quantitative estimate of drug-likeness (QED) is 0.251. The van der Waals surface area contributed by atoms with Gasteiger partial charge in [-0.1, -0.05) is 30.0 Å². The topological polar surface area (TPSA) is 73.8 Å². The van der Waals surface area contributed by atoms with Crippen LogP contribution < -0.4 is 5.63 Å². The third-order valence-corrected chi connectivity index (χ3v) is 7.31. The van der Waals surface area contributed by atoms with Gasteiger partial charge in [0, 0.05) is 35.2 Å². The monoisotopic (exact) mass is 466 g/mol. The normalized spacial score (nSPS) is 12.9. The fourth-order valence-corrected chi connectivity index (χ4v) is 5.58. The molecule has 3 heterocycles. The molecule has 0 atom stereocenters. The minimum atomic E-state index is -0.320. The highest BCUT2D eigenvalue weighted by Gasteiger charge is 2.19. The number of thioether (sulfide) groups is 1. The van der Waals surface area contributed by atoms with Gasteiger partial charge in [-0.05, 0) is 78.8 Å². The van der Waals surface area contributed by atoms with E-state index in [4.69, 9.17) is 4.42 Å². The molecular weight excluding hydrogens is 444 g/mol. The van der Waals surface area contributed by atoms with Crippen molar-refractivity contribution in [1.29, 1.82) is 0 Å². The molecule has 0 spiro atoms. The van der Waals surface area contributed by atoms with Crippen molar-refractivity contribution in [1.82, 2.24) is 19.7 Å². The Morgan fingerprint density at radius 3 is 2.62 bits per heavy atom. The van der Waals surface area contributed by atoms with Crippen LogP contribution in [0.3, 0.4) is 0 Å². The number of benzene rings is 2. The molecule has 0 bridgehead atoms. The fourth-order valence-electron chi connectivity index (χ4n) is 4.64. The van der Waals surface area contributed by atoms with Crippen molar-refractivity contribution in [2.24, 2.45) is 0 Å². The molecule has 0 fully saturated rings. The van der Waals surface area contributed by atoms with Crippen molar-refractivity contribution in [3.8, 4) is 17.1 Å². The molecule has 0 radical (unpaired) electrons. The summed E-state index contributed by atoms with van der Waals surface area (Å²) in [5.74, 6) is 1.34. The Hall–Kier alpha value is -3.71. The highest BCUT2D eigenvalue weighted by Crippen LogP contribution is 2.34. The molecule has 6 nitrogen and oxygen atoms in total. The zero-order valence-corrected chi connectivity index (χ0v) is 19.5. The van der Waals surface area contributed by atoms with Crippen molar-refractivity contribution >= 4 is 22.7 Å². The molecule has 1 aliphatic rings. The standard InChI is InChI=1S/C27H22N4O2S/c1-17-5-2-3-8-23(17)31-26(18-9-11-28-12-10-18)29-30-27(31)34-16-21-15-25(32)33-24-14-20-7-4-6-19(20)13-22(21)24/h2-3,5,8-15H,4,6-7,16H2,1H3. The number of hydrogen-bond acceptors (Lipinski definition) is 6. The van der Waals surface area contributed by atoms with Crippen LogP contribution in [0.25, 0.3) is 28.0 Å². The van der Waals surface area contributed by atoms with Gasteiger partial charge < -0.3 is 4.42 Å². The Labute approximate surface area is 200 Å². The first-order chi connectivity index (χ1) is 16.7. The van der Waals surface area contributed by atoms with Crippen molar-refractivity contribution in [2.75, 3.05) is 0 Å². The van der Waals surface area contributed by atoms with Crippen molar-refractivity contribution < 1.29 is 4.42 Å². The van der Waals surface area contributed by atoms with Crippen molar-refractivity contribution in [3.05, 3.63) is 99.7 Å². The summed E-state index contributed by atoms with van der Waals surface area (Å²) in [7, 11) is 0. The van der Waals surface area contributed by atoms with Crippen LogP contribution in [0.4, 0.5) is 0 Å². The summed E-state index contributed by atoms with van der Waals surface area (Å²) in [5.41, 5.74) is 7.05. The van der Waals surface area contributed by atoms with Crippen LogP contribution in [0.5, 0.6) is 0 Å². The molecule has 0 saturated heterocycles. The number of aromatic nitrogens is 4. The molecule has 2 aromatic carbocycles. The van der Waals surface area contributed by atoms with E-state index in [-0.39, 0.29) is 5.63 Å². The molecule has 6 rings (SSSR count). The van der Waals surface area contributed by atoms with Gasteiger partial charge in [0.1, 0.15) is 5.58 Å². The molecule has 0 N–H and O–H groups in total. The molecular formula is C27H22N4O2S. The molecule has 1 aliphatic carbocycles. The zero-order chi connectivity index (χ0) is 23.1. The maximum atomic E-state index is 12.3. The lowest BCUT2D eigenvalue weighted by Gasteiger charge is -2.13. The minimum absolute atomic E-state index is 0.320. The Balaban J connectivity index is 1.43. The summed E-state index contributed by atoms with van der Waals surface area (Å²) in [6.07, 6.45) is 6.79. The predicted octanol–water partition coefficient (Wildman–Crippen LogP) is 5.53. The first-order valence-electron chi connectivity index (χ1n) is 11.3. The second-order valence-electron chi connectivity index (χ2n) is 8.51. The van der Waals surface area contributed by atoms with E-state index in [2.05, 4.69) is 44.9 Å². The average Bonchev–Trinajstić information content (AvgIpc) is 3.48. The van der Waals surface area contributed by atoms with Crippen LogP contribution in [0.1, 0.15) is 28.7 Å². The lowest BCUT2D eigenvalue weighted by Crippen LogP contribution is -2.03. The van der Waals surface area contributed by atoms with Crippen LogP contribution >= 0.6 is 11.8 Å². The third kappa shape index (κ3) is 3.72. The second kappa shape index (κ2) is 8.57. The fraction of sp³-hybridized carbons (Fsp3) is 0.185. The average molecular weight is 467 g/mol. The SMILES string of the molecule is Cc1ccccc1-n1c(SCc2cc(=O)oc3cc4c(cc23)CCC4)nnc1-c1ccncc1. The van der Waals surface area contributed by atoms with Crippen LogP contribution in [-0.2, 0) is 18.6 Å². The van der Waals surface area contributed by atoms with Gasteiger partial charge in [0.25, 0.3) is 0 Å². The van der Waals surface area contributed by atoms with Gasteiger partial charge in [-0.25, -0.2) is 4.79 Å². The number of fused-ring (bicyclic) bond motifs is 2. The van der Waals surface area contributed by atoms with E-state index in [1.54, 1.807) is 30.2 Å². The molecule has 168 valence electrons. The summed E-state index contributed by atoms with van der Waals surface area (Å²) >= 11 is 1.57. The highest BCUT2D eigenvalue weighted by atomic mass is 32.2. The molecule has 5 aromatic rings. The minimum Gasteiger partial charge on any atom is -0.423 e. The van der Waals surface area contributed by atoms with E-state index in [9.17, 15) is 4.79 Å². The lowest BCUT2D eigenvalue weighted by atomic mass is 10.0. The zero-order valence-electron chi connectivity index (χ0n) is 18.7. The van der Waals surface area contributed by atoms with Gasteiger partial charge in [0.05, 0.1) is 5.69 Å². The Morgan fingerprint density at radius 1 is 1.00 bits per heavy atom. The first-order valence-corrected chi connectivity index (χ1v) is 12.3. The maximum absolute atomic E-state index is 12.3. The summed E-state index contributed by atoms with van der Waals surface area (Å²) in [4.78, 5) is 16.5. The van der Waals surface area contributed by atoms with E-state index < -0.39 is 0 Å². The van der Waals surface area contributed by atoms with Gasteiger partial charge in [-0.2, -0.15) is 0 Å². The van der Waals surface area contributed by atoms with Gasteiger partial charge in [-0.3, -0.25) is 9.55 Å². The van der Waals surface area contributed by atoms with E-state index in [1.165, 1.54) is 11.1 Å². The summed E-state index contributed by atoms with van der Waals surface area (Å²) < 4.78 is 7.63. The summed E-state index contributed by atoms with van der Waals surface area (Å²) in [5, 5.41) is 10.8. The Morgan fingerprint density at radius 2 is 1.79 bits per heavy atom. The van der Waals surface area contributed by atoms with Crippen molar-refractivity contribution in [3.63, 3.8) is 0 Å². The number of rotatable bonds is 5. The molecule has 3 aromatic heterocycles. The highest BCUT2D eigenvalue weighted by molar-refractivity contribution is 7.98. The summed E-state index contributed by atoms with van der Waals surface area (Å²) in [6, 6.07) is 17.9. The lowest BCUT2D eigenvalue weighted by molar-refractivity contribution is 0.559. The molecule has 0 aliphatic heterocycles. The van der Waals surface area contributed by atoms with Gasteiger partial charge >= 0.3 is 5.63 Å². The van der Waals surface area contributed by atoms with Crippen LogP contribution in [-0.4, -0.2) is 19.7 Å². The molecule has 34 heavy (non-hydrogen) atoms. The first kappa shape index (κ1) is 20.9. The Kier molecular flexibility index (Phi) is 5.26. The van der Waals surface area contributed by atoms with E-state index in [0.29, 0.717) is 11.3 Å². The molecule has 0 saturated carbocycles. The van der Waals surface area contributed by atoms with Crippen LogP contribution in [0.2, 0.25) is 0 Å². The number of aryl methyl sites for hydroxylation is 3. The van der Waals surface area contributed by atoms with Crippen LogP contribution in [0.15, 0.2) is 81.4 Å².